The van der Waals surface area contributed by atoms with Gasteiger partial charge in [-0.1, -0.05) is 38.1 Å². The van der Waals surface area contributed by atoms with Gasteiger partial charge >= 0.3 is 0 Å². The first kappa shape index (κ1) is 16.5. The molecule has 1 aliphatic heterocycles. The van der Waals surface area contributed by atoms with Crippen molar-refractivity contribution >= 4 is 11.8 Å². The number of carbonyl (C=O) groups is 2. The Hall–Kier alpha value is -1.84. The Morgan fingerprint density at radius 3 is 2.77 bits per heavy atom. The Bertz CT molecular complexity index is 540. The van der Waals surface area contributed by atoms with E-state index in [0.29, 0.717) is 25.4 Å². The maximum absolute atomic E-state index is 12.2. The highest BCUT2D eigenvalue weighted by atomic mass is 16.2. The molecule has 4 heteroatoms. The van der Waals surface area contributed by atoms with E-state index in [9.17, 15) is 9.59 Å². The molecular weight excluding hydrogens is 276 g/mol. The highest BCUT2D eigenvalue weighted by Crippen LogP contribution is 2.19. The van der Waals surface area contributed by atoms with Crippen LogP contribution >= 0.6 is 0 Å². The summed E-state index contributed by atoms with van der Waals surface area (Å²) in [6, 6.07) is 8.20. The second kappa shape index (κ2) is 7.43. The smallest absolute Gasteiger partial charge is 0.225 e. The van der Waals surface area contributed by atoms with E-state index in [1.54, 1.807) is 0 Å². The van der Waals surface area contributed by atoms with Crippen LogP contribution in [0, 0.1) is 18.8 Å². The number of carbonyl (C=O) groups excluding carboxylic acids is 2. The molecule has 2 rings (SSSR count). The van der Waals surface area contributed by atoms with E-state index >= 15 is 0 Å². The van der Waals surface area contributed by atoms with Gasteiger partial charge in [0.15, 0.2) is 0 Å². The molecule has 2 amide bonds. The summed E-state index contributed by atoms with van der Waals surface area (Å²) in [5.41, 5.74) is 2.50. The van der Waals surface area contributed by atoms with E-state index in [2.05, 4.69) is 38.2 Å². The first-order valence-corrected chi connectivity index (χ1v) is 8.07. The lowest BCUT2D eigenvalue weighted by Crippen LogP contribution is -2.35. The van der Waals surface area contributed by atoms with Crippen molar-refractivity contribution in [3.8, 4) is 0 Å². The zero-order valence-electron chi connectivity index (χ0n) is 13.8. The van der Waals surface area contributed by atoms with Crippen LogP contribution in [0.15, 0.2) is 24.3 Å². The summed E-state index contributed by atoms with van der Waals surface area (Å²) in [7, 11) is 0. The van der Waals surface area contributed by atoms with Crippen molar-refractivity contribution in [3.63, 3.8) is 0 Å². The number of nitrogens with zero attached hydrogens (tertiary/aromatic N) is 1. The Morgan fingerprint density at radius 1 is 1.36 bits per heavy atom. The average Bonchev–Trinajstić information content (AvgIpc) is 2.81. The van der Waals surface area contributed by atoms with Gasteiger partial charge in [0.2, 0.25) is 11.8 Å². The molecule has 4 nitrogen and oxygen atoms in total. The van der Waals surface area contributed by atoms with Gasteiger partial charge in [0, 0.05) is 26.1 Å². The Morgan fingerprint density at radius 2 is 2.09 bits per heavy atom. The minimum Gasteiger partial charge on any atom is -0.355 e. The molecule has 1 atom stereocenters. The first-order chi connectivity index (χ1) is 10.5. The molecule has 0 radical (unpaired) electrons. The van der Waals surface area contributed by atoms with Crippen LogP contribution in [0.3, 0.4) is 0 Å². The lowest BCUT2D eigenvalue weighted by molar-refractivity contribution is -0.129. The maximum atomic E-state index is 12.2. The largest absolute Gasteiger partial charge is 0.355 e. The minimum absolute atomic E-state index is 0.00758. The van der Waals surface area contributed by atoms with Gasteiger partial charge in [0.05, 0.1) is 5.92 Å². The molecular formula is C18H26N2O2. The summed E-state index contributed by atoms with van der Waals surface area (Å²) < 4.78 is 0. The van der Waals surface area contributed by atoms with Crippen molar-refractivity contribution in [2.24, 2.45) is 11.8 Å². The van der Waals surface area contributed by atoms with Crippen molar-refractivity contribution in [3.05, 3.63) is 35.4 Å². The van der Waals surface area contributed by atoms with E-state index in [0.717, 1.165) is 13.0 Å². The lowest BCUT2D eigenvalue weighted by atomic mass is 10.1. The average molecular weight is 302 g/mol. The van der Waals surface area contributed by atoms with Gasteiger partial charge in [-0.3, -0.25) is 9.59 Å². The van der Waals surface area contributed by atoms with Gasteiger partial charge in [-0.2, -0.15) is 0 Å². The molecule has 1 heterocycles. The predicted octanol–water partition coefficient (Wildman–Crippen LogP) is 2.16. The van der Waals surface area contributed by atoms with Gasteiger partial charge in [-0.25, -0.2) is 0 Å². The molecule has 0 saturated carbocycles. The number of hydrogen-bond acceptors (Lipinski definition) is 2. The number of rotatable bonds is 6. The molecule has 0 bridgehead atoms. The molecule has 0 aromatic heterocycles. The highest BCUT2D eigenvalue weighted by molar-refractivity contribution is 5.89. The van der Waals surface area contributed by atoms with E-state index < -0.39 is 0 Å². The highest BCUT2D eigenvalue weighted by Gasteiger charge is 2.34. The van der Waals surface area contributed by atoms with Gasteiger partial charge in [0.1, 0.15) is 0 Å². The van der Waals surface area contributed by atoms with Crippen molar-refractivity contribution < 1.29 is 9.59 Å². The number of nitrogens with one attached hydrogen (secondary N) is 1. The van der Waals surface area contributed by atoms with Crippen molar-refractivity contribution in [1.29, 1.82) is 0 Å². The second-order valence-corrected chi connectivity index (χ2v) is 6.56. The van der Waals surface area contributed by atoms with E-state index in [-0.39, 0.29) is 17.7 Å². The molecule has 1 unspecified atom stereocenters. The molecule has 0 spiro atoms. The molecule has 1 aliphatic rings. The SMILES string of the molecule is Cc1ccccc1CCNC(=O)C1CC(=O)N(CC(C)C)C1. The normalized spacial score (nSPS) is 18.1. The summed E-state index contributed by atoms with van der Waals surface area (Å²) in [5.74, 6) is 0.357. The third-order valence-electron chi connectivity index (χ3n) is 4.13. The molecule has 1 aromatic carbocycles. The number of benzene rings is 1. The van der Waals surface area contributed by atoms with E-state index in [4.69, 9.17) is 0 Å². The molecule has 22 heavy (non-hydrogen) atoms. The maximum Gasteiger partial charge on any atom is 0.225 e. The molecule has 1 aromatic rings. The van der Waals surface area contributed by atoms with Crippen LogP contribution in [-0.2, 0) is 16.0 Å². The Labute approximate surface area is 132 Å². The fourth-order valence-corrected chi connectivity index (χ4v) is 2.92. The standard InChI is InChI=1S/C18H26N2O2/c1-13(2)11-20-12-16(10-17(20)21)18(22)19-9-8-15-7-5-4-6-14(15)3/h4-7,13,16H,8-12H2,1-3H3,(H,19,22). The quantitative estimate of drug-likeness (QED) is 0.875. The second-order valence-electron chi connectivity index (χ2n) is 6.56. The zero-order valence-corrected chi connectivity index (χ0v) is 13.8. The number of aryl methyl sites for hydroxylation is 1. The van der Waals surface area contributed by atoms with Gasteiger partial charge in [-0.15, -0.1) is 0 Å². The summed E-state index contributed by atoms with van der Waals surface area (Å²) in [4.78, 5) is 25.9. The third-order valence-corrected chi connectivity index (χ3v) is 4.13. The van der Waals surface area contributed by atoms with Crippen molar-refractivity contribution in [1.82, 2.24) is 10.2 Å². The van der Waals surface area contributed by atoms with Crippen LogP contribution in [0.1, 0.15) is 31.4 Å². The zero-order chi connectivity index (χ0) is 16.1. The fraction of sp³-hybridized carbons (Fsp3) is 0.556. The number of hydrogen-bond donors (Lipinski definition) is 1. The Balaban J connectivity index is 1.79. The lowest BCUT2D eigenvalue weighted by Gasteiger charge is -2.18. The molecule has 120 valence electrons. The number of likely N-dealkylation sites (tertiary alicyclic amines) is 1. The first-order valence-electron chi connectivity index (χ1n) is 8.07. The van der Waals surface area contributed by atoms with Crippen LogP contribution < -0.4 is 5.32 Å². The minimum atomic E-state index is -0.192. The van der Waals surface area contributed by atoms with Crippen LogP contribution in [-0.4, -0.2) is 36.3 Å². The fourth-order valence-electron chi connectivity index (χ4n) is 2.92. The van der Waals surface area contributed by atoms with Gasteiger partial charge in [-0.05, 0) is 30.4 Å². The van der Waals surface area contributed by atoms with Crippen molar-refractivity contribution in [2.75, 3.05) is 19.6 Å². The monoisotopic (exact) mass is 302 g/mol. The summed E-state index contributed by atoms with van der Waals surface area (Å²) in [5, 5.41) is 2.98. The van der Waals surface area contributed by atoms with E-state index in [1.165, 1.54) is 11.1 Å². The summed E-state index contributed by atoms with van der Waals surface area (Å²) >= 11 is 0. The van der Waals surface area contributed by atoms with Crippen LogP contribution in [0.4, 0.5) is 0 Å². The van der Waals surface area contributed by atoms with Crippen LogP contribution in [0.25, 0.3) is 0 Å². The summed E-state index contributed by atoms with van der Waals surface area (Å²) in [6.45, 7) is 8.18. The van der Waals surface area contributed by atoms with E-state index in [1.807, 2.05) is 17.0 Å². The third kappa shape index (κ3) is 4.33. The van der Waals surface area contributed by atoms with Crippen molar-refractivity contribution in [2.45, 2.75) is 33.6 Å². The molecule has 1 saturated heterocycles. The number of amides is 2. The summed E-state index contributed by atoms with van der Waals surface area (Å²) in [6.07, 6.45) is 1.18. The molecule has 1 N–H and O–H groups in total. The predicted molar refractivity (Wildman–Crippen MR) is 87.4 cm³/mol. The van der Waals surface area contributed by atoms with Crippen LogP contribution in [0.2, 0.25) is 0 Å². The van der Waals surface area contributed by atoms with Crippen LogP contribution in [0.5, 0.6) is 0 Å². The van der Waals surface area contributed by atoms with Gasteiger partial charge in [0.25, 0.3) is 0 Å². The molecule has 0 aliphatic carbocycles. The topological polar surface area (TPSA) is 49.4 Å². The van der Waals surface area contributed by atoms with Gasteiger partial charge < -0.3 is 10.2 Å². The molecule has 1 fully saturated rings. The Kier molecular flexibility index (Phi) is 5.58.